The first-order valence-corrected chi connectivity index (χ1v) is 12.0. The number of halogens is 2. The molecular formula is C18H21Cl2N3O3S2. The SMILES string of the molecule is O=C(NCCc1cc(Cl)cc(Cl)c1)N1CCC(NS(=O)(=O)c2cccs2)CC1. The van der Waals surface area contributed by atoms with Crippen molar-refractivity contribution in [2.45, 2.75) is 29.5 Å². The molecule has 6 nitrogen and oxygen atoms in total. The van der Waals surface area contributed by atoms with Crippen LogP contribution in [0.5, 0.6) is 0 Å². The van der Waals surface area contributed by atoms with Crippen LogP contribution in [0.15, 0.2) is 39.9 Å². The summed E-state index contributed by atoms with van der Waals surface area (Å²) in [6.45, 7) is 1.49. The monoisotopic (exact) mass is 461 g/mol. The van der Waals surface area contributed by atoms with Crippen molar-refractivity contribution in [2.75, 3.05) is 19.6 Å². The Kier molecular flexibility index (Phi) is 7.22. The summed E-state index contributed by atoms with van der Waals surface area (Å²) in [4.78, 5) is 14.0. The van der Waals surface area contributed by atoms with Crippen molar-refractivity contribution in [3.8, 4) is 0 Å². The van der Waals surface area contributed by atoms with E-state index in [4.69, 9.17) is 23.2 Å². The number of piperidine rings is 1. The number of nitrogens with one attached hydrogen (secondary N) is 2. The standard InChI is InChI=1S/C18H21Cl2N3O3S2/c19-14-10-13(11-15(20)12-14)3-6-21-18(24)23-7-4-16(5-8-23)22-28(25,26)17-2-1-9-27-17/h1-2,9-12,16,22H,3-8H2,(H,21,24). The third-order valence-electron chi connectivity index (χ3n) is 4.48. The maximum absolute atomic E-state index is 12.3. The first-order chi connectivity index (χ1) is 13.3. The van der Waals surface area contributed by atoms with Crippen LogP contribution in [0.1, 0.15) is 18.4 Å². The Bertz CT molecular complexity index is 892. The molecule has 1 aromatic carbocycles. The van der Waals surface area contributed by atoms with Gasteiger partial charge in [0.2, 0.25) is 10.0 Å². The summed E-state index contributed by atoms with van der Waals surface area (Å²) in [7, 11) is -3.48. The number of rotatable bonds is 6. The second-order valence-electron chi connectivity index (χ2n) is 6.57. The number of carbonyl (C=O) groups is 1. The van der Waals surface area contributed by atoms with Gasteiger partial charge in [-0.2, -0.15) is 0 Å². The summed E-state index contributed by atoms with van der Waals surface area (Å²) in [6.07, 6.45) is 1.80. The molecule has 1 aliphatic rings. The molecule has 2 N–H and O–H groups in total. The molecule has 0 radical (unpaired) electrons. The van der Waals surface area contributed by atoms with Crippen LogP contribution in [0.3, 0.4) is 0 Å². The highest BCUT2D eigenvalue weighted by atomic mass is 35.5. The minimum atomic E-state index is -3.48. The van der Waals surface area contributed by atoms with Crippen molar-refractivity contribution in [1.82, 2.24) is 14.9 Å². The first kappa shape index (κ1) is 21.4. The lowest BCUT2D eigenvalue weighted by atomic mass is 10.1. The molecule has 0 aliphatic carbocycles. The fourth-order valence-corrected chi connectivity index (χ4v) is 5.96. The lowest BCUT2D eigenvalue weighted by molar-refractivity contribution is 0.180. The molecule has 152 valence electrons. The fourth-order valence-electron chi connectivity index (χ4n) is 3.08. The summed E-state index contributed by atoms with van der Waals surface area (Å²) in [5.74, 6) is 0. The zero-order valence-corrected chi connectivity index (χ0v) is 18.2. The van der Waals surface area contributed by atoms with Crippen LogP contribution >= 0.6 is 34.5 Å². The van der Waals surface area contributed by atoms with Crippen LogP contribution < -0.4 is 10.0 Å². The van der Waals surface area contributed by atoms with Crippen LogP contribution in [-0.4, -0.2) is 45.0 Å². The predicted octanol–water partition coefficient (Wildman–Crippen LogP) is 3.75. The first-order valence-electron chi connectivity index (χ1n) is 8.87. The third-order valence-corrected chi connectivity index (χ3v) is 7.83. The van der Waals surface area contributed by atoms with Gasteiger partial charge in [0.05, 0.1) is 0 Å². The molecule has 1 saturated heterocycles. The third kappa shape index (κ3) is 5.84. The van der Waals surface area contributed by atoms with Crippen molar-refractivity contribution < 1.29 is 13.2 Å². The number of nitrogens with zero attached hydrogens (tertiary/aromatic N) is 1. The molecule has 1 fully saturated rings. The largest absolute Gasteiger partial charge is 0.338 e. The topological polar surface area (TPSA) is 78.5 Å². The summed E-state index contributed by atoms with van der Waals surface area (Å²) in [5.41, 5.74) is 0.958. The van der Waals surface area contributed by atoms with Gasteiger partial charge in [-0.1, -0.05) is 29.3 Å². The number of thiophene rings is 1. The van der Waals surface area contributed by atoms with E-state index in [1.165, 1.54) is 11.3 Å². The summed E-state index contributed by atoms with van der Waals surface area (Å²) in [6, 6.07) is 8.31. The molecule has 0 bridgehead atoms. The van der Waals surface area contributed by atoms with Gasteiger partial charge in [0.25, 0.3) is 0 Å². The molecule has 0 spiro atoms. The Morgan fingerprint density at radius 3 is 2.46 bits per heavy atom. The Morgan fingerprint density at radius 1 is 1.18 bits per heavy atom. The molecule has 10 heteroatoms. The van der Waals surface area contributed by atoms with Crippen LogP contribution in [0, 0.1) is 0 Å². The van der Waals surface area contributed by atoms with Crippen LogP contribution in [0.4, 0.5) is 4.79 Å². The number of carbonyl (C=O) groups excluding carboxylic acids is 1. The van der Waals surface area contributed by atoms with Crippen molar-refractivity contribution in [2.24, 2.45) is 0 Å². The highest BCUT2D eigenvalue weighted by Gasteiger charge is 2.26. The molecule has 0 unspecified atom stereocenters. The molecule has 2 amide bonds. The molecule has 2 heterocycles. The molecule has 28 heavy (non-hydrogen) atoms. The van der Waals surface area contributed by atoms with E-state index in [2.05, 4.69) is 10.0 Å². The second-order valence-corrected chi connectivity index (χ2v) is 10.3. The van der Waals surface area contributed by atoms with E-state index >= 15 is 0 Å². The Hall–Kier alpha value is -1.32. The number of amides is 2. The maximum Gasteiger partial charge on any atom is 0.317 e. The maximum atomic E-state index is 12.3. The smallest absolute Gasteiger partial charge is 0.317 e. The lowest BCUT2D eigenvalue weighted by Gasteiger charge is -2.32. The van der Waals surface area contributed by atoms with Crippen molar-refractivity contribution >= 4 is 50.6 Å². The van der Waals surface area contributed by atoms with Crippen LogP contribution in [0.2, 0.25) is 10.0 Å². The van der Waals surface area contributed by atoms with E-state index in [1.807, 2.05) is 12.1 Å². The van der Waals surface area contributed by atoms with Gasteiger partial charge < -0.3 is 10.2 Å². The van der Waals surface area contributed by atoms with Gasteiger partial charge in [0.1, 0.15) is 4.21 Å². The number of sulfonamides is 1. The van der Waals surface area contributed by atoms with E-state index in [9.17, 15) is 13.2 Å². The molecule has 0 atom stereocenters. The van der Waals surface area contributed by atoms with Gasteiger partial charge >= 0.3 is 6.03 Å². The Balaban J connectivity index is 1.42. The lowest BCUT2D eigenvalue weighted by Crippen LogP contribution is -2.49. The average Bonchev–Trinajstić information content (AvgIpc) is 3.17. The van der Waals surface area contributed by atoms with Gasteiger partial charge in [-0.3, -0.25) is 0 Å². The van der Waals surface area contributed by atoms with Gasteiger partial charge in [0, 0.05) is 35.7 Å². The van der Waals surface area contributed by atoms with Crippen molar-refractivity contribution in [3.63, 3.8) is 0 Å². The predicted molar refractivity (Wildman–Crippen MR) is 113 cm³/mol. The highest BCUT2D eigenvalue weighted by molar-refractivity contribution is 7.91. The normalized spacial score (nSPS) is 15.6. The fraction of sp³-hybridized carbons (Fsp3) is 0.389. The number of hydrogen-bond acceptors (Lipinski definition) is 4. The van der Waals surface area contributed by atoms with Gasteiger partial charge in [-0.05, 0) is 54.5 Å². The molecule has 1 aliphatic heterocycles. The zero-order chi connectivity index (χ0) is 20.1. The van der Waals surface area contributed by atoms with Gasteiger partial charge in [-0.25, -0.2) is 17.9 Å². The second kappa shape index (κ2) is 9.45. The van der Waals surface area contributed by atoms with E-state index in [-0.39, 0.29) is 12.1 Å². The van der Waals surface area contributed by atoms with E-state index in [0.717, 1.165) is 5.56 Å². The molecule has 0 saturated carbocycles. The van der Waals surface area contributed by atoms with Gasteiger partial charge in [0.15, 0.2) is 0 Å². The minimum absolute atomic E-state index is 0.146. The average molecular weight is 462 g/mol. The molecule has 2 aromatic rings. The Morgan fingerprint density at radius 2 is 1.86 bits per heavy atom. The van der Waals surface area contributed by atoms with Crippen LogP contribution in [-0.2, 0) is 16.4 Å². The zero-order valence-electron chi connectivity index (χ0n) is 15.0. The van der Waals surface area contributed by atoms with Crippen LogP contribution in [0.25, 0.3) is 0 Å². The Labute approximate surface area is 178 Å². The minimum Gasteiger partial charge on any atom is -0.338 e. The van der Waals surface area contributed by atoms with Gasteiger partial charge in [-0.15, -0.1) is 11.3 Å². The summed E-state index contributed by atoms with van der Waals surface area (Å²) < 4.78 is 27.6. The van der Waals surface area contributed by atoms with Crippen molar-refractivity contribution in [3.05, 3.63) is 51.3 Å². The summed E-state index contributed by atoms with van der Waals surface area (Å²) in [5, 5.41) is 5.76. The van der Waals surface area contributed by atoms with Crippen molar-refractivity contribution in [1.29, 1.82) is 0 Å². The van der Waals surface area contributed by atoms with E-state index in [1.54, 1.807) is 28.5 Å². The van der Waals surface area contributed by atoms with E-state index in [0.29, 0.717) is 53.2 Å². The number of benzene rings is 1. The summed E-state index contributed by atoms with van der Waals surface area (Å²) >= 11 is 13.1. The molecular weight excluding hydrogens is 441 g/mol. The van der Waals surface area contributed by atoms with E-state index < -0.39 is 10.0 Å². The number of urea groups is 1. The number of likely N-dealkylation sites (tertiary alicyclic amines) is 1. The quantitative estimate of drug-likeness (QED) is 0.687. The highest BCUT2D eigenvalue weighted by Crippen LogP contribution is 2.20. The molecule has 3 rings (SSSR count). The number of hydrogen-bond donors (Lipinski definition) is 2. The molecule has 1 aromatic heterocycles.